The molecule has 2 aromatic rings. The van der Waals surface area contributed by atoms with Crippen LogP contribution in [0.4, 0.5) is 16.2 Å². The summed E-state index contributed by atoms with van der Waals surface area (Å²) in [5, 5.41) is 2.82. The summed E-state index contributed by atoms with van der Waals surface area (Å²) in [6.45, 7) is 0. The van der Waals surface area contributed by atoms with Crippen molar-refractivity contribution >= 4 is 23.4 Å². The van der Waals surface area contributed by atoms with Gasteiger partial charge >= 0.3 is 6.09 Å². The Morgan fingerprint density at radius 3 is 2.30 bits per heavy atom. The van der Waals surface area contributed by atoms with Crippen molar-refractivity contribution in [2.24, 2.45) is 5.92 Å². The number of amides is 2. The highest BCUT2D eigenvalue weighted by molar-refractivity contribution is 5.95. The molecule has 0 aromatic heterocycles. The zero-order valence-corrected chi connectivity index (χ0v) is 12.8. The lowest BCUT2D eigenvalue weighted by Crippen LogP contribution is -2.28. The molecular weight excluding hydrogens is 292 g/mol. The summed E-state index contributed by atoms with van der Waals surface area (Å²) in [4.78, 5) is 25.6. The zero-order chi connectivity index (χ0) is 16.2. The molecule has 2 aromatic carbocycles. The molecule has 1 fully saturated rings. The third-order valence-electron chi connectivity index (χ3n) is 3.78. The number of rotatable bonds is 4. The maximum absolute atomic E-state index is 12.1. The molecule has 0 saturated heterocycles. The van der Waals surface area contributed by atoms with E-state index in [0.29, 0.717) is 6.42 Å². The molecule has 1 aliphatic carbocycles. The number of para-hydroxylation sites is 2. The van der Waals surface area contributed by atoms with Crippen molar-refractivity contribution in [1.29, 1.82) is 0 Å². The molecule has 0 bridgehead atoms. The van der Waals surface area contributed by atoms with Crippen LogP contribution in [-0.2, 0) is 9.53 Å². The Balaban J connectivity index is 1.51. The number of carbonyl (C=O) groups excluding carboxylic acids is 2. The predicted octanol–water partition coefficient (Wildman–Crippen LogP) is 3.29. The Bertz CT molecular complexity index is 688. The number of anilines is 2. The average Bonchev–Trinajstić information content (AvgIpc) is 3.35. The molecule has 5 heteroatoms. The highest BCUT2D eigenvalue weighted by Gasteiger charge is 2.47. The second-order valence-corrected chi connectivity index (χ2v) is 5.51. The van der Waals surface area contributed by atoms with E-state index in [4.69, 9.17) is 4.74 Å². The molecule has 0 spiro atoms. The number of ether oxygens (including phenoxy) is 1. The molecule has 1 N–H and O–H groups in total. The van der Waals surface area contributed by atoms with Gasteiger partial charge in [0.2, 0.25) is 5.91 Å². The summed E-state index contributed by atoms with van der Waals surface area (Å²) in [5.41, 5.74) is 1.50. The first-order chi connectivity index (χ1) is 11.1. The lowest BCUT2D eigenvalue weighted by Gasteiger charge is -2.17. The van der Waals surface area contributed by atoms with Gasteiger partial charge in [0.05, 0.1) is 5.92 Å². The van der Waals surface area contributed by atoms with E-state index in [9.17, 15) is 9.59 Å². The van der Waals surface area contributed by atoms with Gasteiger partial charge < -0.3 is 10.1 Å². The molecule has 3 rings (SSSR count). The van der Waals surface area contributed by atoms with Crippen LogP contribution in [-0.4, -0.2) is 25.2 Å². The molecule has 118 valence electrons. The third kappa shape index (κ3) is 3.69. The van der Waals surface area contributed by atoms with E-state index in [1.807, 2.05) is 60.7 Å². The Hall–Kier alpha value is -2.82. The Morgan fingerprint density at radius 1 is 1.04 bits per heavy atom. The van der Waals surface area contributed by atoms with Crippen LogP contribution in [0.25, 0.3) is 0 Å². The monoisotopic (exact) mass is 310 g/mol. The van der Waals surface area contributed by atoms with Crippen LogP contribution in [0.3, 0.4) is 0 Å². The highest BCUT2D eigenvalue weighted by atomic mass is 16.6. The number of hydrogen-bond donors (Lipinski definition) is 1. The Kier molecular flexibility index (Phi) is 4.28. The smallest absolute Gasteiger partial charge is 0.414 e. The fraction of sp³-hybridized carbons (Fsp3) is 0.222. The second kappa shape index (κ2) is 6.52. The molecule has 5 nitrogen and oxygen atoms in total. The zero-order valence-electron chi connectivity index (χ0n) is 12.8. The van der Waals surface area contributed by atoms with Crippen molar-refractivity contribution in [3.05, 3.63) is 60.7 Å². The van der Waals surface area contributed by atoms with E-state index in [2.05, 4.69) is 5.32 Å². The van der Waals surface area contributed by atoms with E-state index in [0.717, 1.165) is 11.4 Å². The maximum atomic E-state index is 12.1. The van der Waals surface area contributed by atoms with Crippen molar-refractivity contribution < 1.29 is 14.3 Å². The van der Waals surface area contributed by atoms with E-state index < -0.39 is 6.09 Å². The summed E-state index contributed by atoms with van der Waals surface area (Å²) < 4.78 is 5.38. The molecule has 2 atom stereocenters. The van der Waals surface area contributed by atoms with Crippen molar-refractivity contribution in [2.75, 3.05) is 17.3 Å². The minimum Gasteiger partial charge on any atom is -0.445 e. The van der Waals surface area contributed by atoms with E-state index in [1.165, 1.54) is 4.90 Å². The number of benzene rings is 2. The van der Waals surface area contributed by atoms with Gasteiger partial charge in [0.25, 0.3) is 0 Å². The molecule has 0 radical (unpaired) electrons. The largest absolute Gasteiger partial charge is 0.445 e. The van der Waals surface area contributed by atoms with Gasteiger partial charge in [0, 0.05) is 24.8 Å². The maximum Gasteiger partial charge on any atom is 0.414 e. The second-order valence-electron chi connectivity index (χ2n) is 5.51. The van der Waals surface area contributed by atoms with Crippen molar-refractivity contribution in [2.45, 2.75) is 12.5 Å². The van der Waals surface area contributed by atoms with Crippen LogP contribution in [0.5, 0.6) is 0 Å². The first-order valence-electron chi connectivity index (χ1n) is 7.50. The van der Waals surface area contributed by atoms with Crippen molar-refractivity contribution in [1.82, 2.24) is 0 Å². The summed E-state index contributed by atoms with van der Waals surface area (Å²) in [6.07, 6.45) is -0.235. The van der Waals surface area contributed by atoms with Gasteiger partial charge in [-0.15, -0.1) is 0 Å². The van der Waals surface area contributed by atoms with Crippen molar-refractivity contribution in [3.8, 4) is 0 Å². The van der Waals surface area contributed by atoms with Crippen molar-refractivity contribution in [3.63, 3.8) is 0 Å². The van der Waals surface area contributed by atoms with Gasteiger partial charge in [0.15, 0.2) is 0 Å². The molecule has 1 saturated carbocycles. The number of nitrogens with zero attached hydrogens (tertiary/aromatic N) is 1. The van der Waals surface area contributed by atoms with Gasteiger partial charge in [-0.2, -0.15) is 0 Å². The fourth-order valence-electron chi connectivity index (χ4n) is 2.30. The molecular formula is C18H18N2O3. The van der Waals surface area contributed by atoms with Gasteiger partial charge in [0.1, 0.15) is 6.10 Å². The Morgan fingerprint density at radius 2 is 1.65 bits per heavy atom. The van der Waals surface area contributed by atoms with Crippen LogP contribution >= 0.6 is 0 Å². The molecule has 2 amide bonds. The van der Waals surface area contributed by atoms with Crippen LogP contribution in [0.2, 0.25) is 0 Å². The highest BCUT2D eigenvalue weighted by Crippen LogP contribution is 2.35. The molecule has 2 unspecified atom stereocenters. The summed E-state index contributed by atoms with van der Waals surface area (Å²) in [7, 11) is 1.65. The minimum atomic E-state index is -0.448. The van der Waals surface area contributed by atoms with Crippen LogP contribution in [0.15, 0.2) is 60.7 Å². The van der Waals surface area contributed by atoms with E-state index >= 15 is 0 Å². The van der Waals surface area contributed by atoms with Crippen LogP contribution in [0.1, 0.15) is 6.42 Å². The average molecular weight is 310 g/mol. The third-order valence-corrected chi connectivity index (χ3v) is 3.78. The van der Waals surface area contributed by atoms with Gasteiger partial charge in [-0.25, -0.2) is 4.79 Å². The number of carbonyl (C=O) groups is 2. The normalized spacial score (nSPS) is 18.8. The molecule has 23 heavy (non-hydrogen) atoms. The lowest BCUT2D eigenvalue weighted by molar-refractivity contribution is -0.117. The number of nitrogens with one attached hydrogen (secondary N) is 1. The van der Waals surface area contributed by atoms with Gasteiger partial charge in [-0.3, -0.25) is 9.69 Å². The SMILES string of the molecule is CN(C(=O)OC1CC1C(=O)Nc1ccccc1)c1ccccc1. The molecule has 0 heterocycles. The summed E-state index contributed by atoms with van der Waals surface area (Å²) in [6, 6.07) is 18.5. The fourth-order valence-corrected chi connectivity index (χ4v) is 2.30. The van der Waals surface area contributed by atoms with Crippen LogP contribution < -0.4 is 10.2 Å². The van der Waals surface area contributed by atoms with Gasteiger partial charge in [-0.05, 0) is 24.3 Å². The topological polar surface area (TPSA) is 58.6 Å². The van der Waals surface area contributed by atoms with E-state index in [-0.39, 0.29) is 17.9 Å². The standard InChI is InChI=1S/C18H18N2O3/c1-20(14-10-6-3-7-11-14)18(22)23-16-12-15(16)17(21)19-13-8-4-2-5-9-13/h2-11,15-16H,12H2,1H3,(H,19,21). The molecule has 0 aliphatic heterocycles. The number of hydrogen-bond acceptors (Lipinski definition) is 3. The van der Waals surface area contributed by atoms with Gasteiger partial charge in [-0.1, -0.05) is 36.4 Å². The Labute approximate surface area is 134 Å². The predicted molar refractivity (Wildman–Crippen MR) is 88.3 cm³/mol. The van der Waals surface area contributed by atoms with E-state index in [1.54, 1.807) is 7.05 Å². The minimum absolute atomic E-state index is 0.114. The van der Waals surface area contributed by atoms with Crippen LogP contribution in [0, 0.1) is 5.92 Å². The summed E-state index contributed by atoms with van der Waals surface area (Å²) in [5.74, 6) is -0.389. The lowest BCUT2D eigenvalue weighted by atomic mass is 10.3. The first-order valence-corrected chi connectivity index (χ1v) is 7.50. The summed E-state index contributed by atoms with van der Waals surface area (Å²) >= 11 is 0. The quantitative estimate of drug-likeness (QED) is 0.942. The molecule has 1 aliphatic rings. The first kappa shape index (κ1) is 15.1.